The lowest BCUT2D eigenvalue weighted by Gasteiger charge is -2.19. The third kappa shape index (κ3) is 2.05. The van der Waals surface area contributed by atoms with E-state index in [4.69, 9.17) is 28.3 Å². The normalized spacial score (nSPS) is 17.8. The average molecular weight is 285 g/mol. The highest BCUT2D eigenvalue weighted by atomic mass is 35.5. The number of carbonyl (C=O) groups is 1. The molecule has 0 aliphatic carbocycles. The van der Waals surface area contributed by atoms with Gasteiger partial charge in [-0.15, -0.1) is 0 Å². The van der Waals surface area contributed by atoms with Crippen molar-refractivity contribution in [1.82, 2.24) is 4.90 Å². The summed E-state index contributed by atoms with van der Waals surface area (Å²) in [5.74, 6) is -0.269. The molecule has 1 unspecified atom stereocenters. The van der Waals surface area contributed by atoms with Gasteiger partial charge in [-0.05, 0) is 18.6 Å². The van der Waals surface area contributed by atoms with Crippen molar-refractivity contribution in [2.45, 2.75) is 12.5 Å². The van der Waals surface area contributed by atoms with Crippen LogP contribution in [0.25, 0.3) is 0 Å². The number of halogens is 2. The summed E-state index contributed by atoms with van der Waals surface area (Å²) in [4.78, 5) is 13.6. The molecule has 2 rings (SSSR count). The fourth-order valence-corrected chi connectivity index (χ4v) is 2.67. The quantitative estimate of drug-likeness (QED) is 0.927. The predicted molar refractivity (Wildman–Crippen MR) is 67.6 cm³/mol. The summed E-state index contributed by atoms with van der Waals surface area (Å²) in [5, 5.41) is 18.7. The fraction of sp³-hybridized carbons (Fsp3) is 0.333. The molecule has 18 heavy (non-hydrogen) atoms. The van der Waals surface area contributed by atoms with Gasteiger partial charge in [0.2, 0.25) is 0 Å². The van der Waals surface area contributed by atoms with E-state index in [0.29, 0.717) is 34.1 Å². The fourth-order valence-electron chi connectivity index (χ4n) is 2.07. The highest BCUT2D eigenvalue weighted by Crippen LogP contribution is 2.39. The number of amides is 1. The van der Waals surface area contributed by atoms with Gasteiger partial charge in [-0.3, -0.25) is 4.79 Å². The lowest BCUT2D eigenvalue weighted by atomic mass is 10.1. The number of benzene rings is 1. The molecular weight excluding hydrogens is 275 g/mol. The zero-order chi connectivity index (χ0) is 13.3. The molecule has 0 fully saturated rings. The van der Waals surface area contributed by atoms with Gasteiger partial charge in [0.05, 0.1) is 6.07 Å². The molecule has 94 valence electrons. The predicted octanol–water partition coefficient (Wildman–Crippen LogP) is 2.40. The van der Waals surface area contributed by atoms with Gasteiger partial charge in [-0.25, -0.2) is 0 Å². The van der Waals surface area contributed by atoms with E-state index < -0.39 is 6.04 Å². The standard InChI is InChI=1S/C12H10Cl2N2O2/c13-7-4-8-11(9(14)5-7)10(6-15)16(12(8)18)2-1-3-17/h4-5,10,17H,1-3H2. The monoisotopic (exact) mass is 284 g/mol. The third-order valence-corrected chi connectivity index (χ3v) is 3.38. The Bertz CT molecular complexity index is 540. The minimum absolute atomic E-state index is 0.0350. The Hall–Kier alpha value is -1.28. The molecule has 1 N–H and O–H groups in total. The topological polar surface area (TPSA) is 64.3 Å². The van der Waals surface area contributed by atoms with Crippen LogP contribution in [0.3, 0.4) is 0 Å². The molecule has 1 atom stereocenters. The van der Waals surface area contributed by atoms with E-state index in [1.54, 1.807) is 0 Å². The first kappa shape index (κ1) is 13.2. The van der Waals surface area contributed by atoms with Crippen LogP contribution >= 0.6 is 23.2 Å². The second-order valence-corrected chi connectivity index (χ2v) is 4.80. The summed E-state index contributed by atoms with van der Waals surface area (Å²) >= 11 is 11.9. The van der Waals surface area contributed by atoms with Gasteiger partial charge in [0, 0.05) is 34.3 Å². The van der Waals surface area contributed by atoms with Crippen LogP contribution < -0.4 is 0 Å². The first-order valence-corrected chi connectivity index (χ1v) is 6.16. The molecule has 1 aromatic carbocycles. The van der Waals surface area contributed by atoms with Crippen LogP contribution in [0, 0.1) is 11.3 Å². The summed E-state index contributed by atoms with van der Waals surface area (Å²) in [5.41, 5.74) is 0.878. The minimum Gasteiger partial charge on any atom is -0.396 e. The molecule has 6 heteroatoms. The van der Waals surface area contributed by atoms with E-state index in [-0.39, 0.29) is 12.5 Å². The van der Waals surface area contributed by atoms with E-state index in [9.17, 15) is 10.1 Å². The number of aliphatic hydroxyl groups is 1. The van der Waals surface area contributed by atoms with E-state index >= 15 is 0 Å². The average Bonchev–Trinajstić information content (AvgIpc) is 2.60. The van der Waals surface area contributed by atoms with Gasteiger partial charge in [0.25, 0.3) is 5.91 Å². The van der Waals surface area contributed by atoms with Gasteiger partial charge >= 0.3 is 0 Å². The van der Waals surface area contributed by atoms with Crippen molar-refractivity contribution in [3.8, 4) is 6.07 Å². The zero-order valence-corrected chi connectivity index (χ0v) is 10.9. The molecule has 0 aromatic heterocycles. The van der Waals surface area contributed by atoms with Gasteiger partial charge in [-0.2, -0.15) is 5.26 Å². The zero-order valence-electron chi connectivity index (χ0n) is 9.36. The number of fused-ring (bicyclic) bond motifs is 1. The second-order valence-electron chi connectivity index (χ2n) is 3.96. The molecule has 0 saturated heterocycles. The molecule has 0 spiro atoms. The van der Waals surface area contributed by atoms with Crippen LogP contribution in [-0.4, -0.2) is 29.1 Å². The van der Waals surface area contributed by atoms with E-state index in [1.165, 1.54) is 17.0 Å². The Morgan fingerprint density at radius 2 is 2.17 bits per heavy atom. The van der Waals surface area contributed by atoms with Crippen LogP contribution in [0.4, 0.5) is 0 Å². The van der Waals surface area contributed by atoms with Crippen LogP contribution in [0.15, 0.2) is 12.1 Å². The lowest BCUT2D eigenvalue weighted by Crippen LogP contribution is -2.29. The maximum Gasteiger partial charge on any atom is 0.255 e. The number of carbonyl (C=O) groups excluding carboxylic acids is 1. The summed E-state index contributed by atoms with van der Waals surface area (Å²) in [6.45, 7) is 0.281. The van der Waals surface area contributed by atoms with Gasteiger partial charge in [-0.1, -0.05) is 23.2 Å². The highest BCUT2D eigenvalue weighted by Gasteiger charge is 2.38. The number of nitriles is 1. The Labute approximate surface area is 114 Å². The number of hydrogen-bond donors (Lipinski definition) is 1. The molecule has 1 heterocycles. The third-order valence-electron chi connectivity index (χ3n) is 2.85. The molecule has 1 amide bonds. The van der Waals surface area contributed by atoms with Crippen molar-refractivity contribution in [1.29, 1.82) is 5.26 Å². The van der Waals surface area contributed by atoms with E-state index in [0.717, 1.165) is 0 Å². The Balaban J connectivity index is 2.46. The van der Waals surface area contributed by atoms with E-state index in [1.807, 2.05) is 0 Å². The molecule has 0 radical (unpaired) electrons. The Morgan fingerprint density at radius 3 is 2.78 bits per heavy atom. The molecule has 1 aliphatic rings. The minimum atomic E-state index is -0.705. The highest BCUT2D eigenvalue weighted by molar-refractivity contribution is 6.36. The van der Waals surface area contributed by atoms with Gasteiger partial charge in [0.15, 0.2) is 0 Å². The van der Waals surface area contributed by atoms with Crippen LogP contribution in [0.5, 0.6) is 0 Å². The summed E-state index contributed by atoms with van der Waals surface area (Å²) in [6, 6.07) is 4.41. The molecule has 0 saturated carbocycles. The van der Waals surface area contributed by atoms with Crippen LogP contribution in [-0.2, 0) is 0 Å². The molecular formula is C12H10Cl2N2O2. The van der Waals surface area contributed by atoms with E-state index in [2.05, 4.69) is 6.07 Å². The van der Waals surface area contributed by atoms with Crippen LogP contribution in [0.2, 0.25) is 10.0 Å². The number of nitrogens with zero attached hydrogens (tertiary/aromatic N) is 2. The number of aliphatic hydroxyl groups excluding tert-OH is 1. The number of hydrogen-bond acceptors (Lipinski definition) is 3. The largest absolute Gasteiger partial charge is 0.396 e. The molecule has 1 aliphatic heterocycles. The van der Waals surface area contributed by atoms with Crippen molar-refractivity contribution in [2.75, 3.05) is 13.2 Å². The Morgan fingerprint density at radius 1 is 1.44 bits per heavy atom. The Kier molecular flexibility index (Phi) is 3.76. The summed E-state index contributed by atoms with van der Waals surface area (Å²) in [7, 11) is 0. The second kappa shape index (κ2) is 5.15. The maximum atomic E-state index is 12.2. The van der Waals surface area contributed by atoms with Crippen molar-refractivity contribution in [3.63, 3.8) is 0 Å². The number of rotatable bonds is 3. The van der Waals surface area contributed by atoms with Crippen LogP contribution in [0.1, 0.15) is 28.4 Å². The lowest BCUT2D eigenvalue weighted by molar-refractivity contribution is 0.0746. The van der Waals surface area contributed by atoms with Crippen molar-refractivity contribution < 1.29 is 9.90 Å². The maximum absolute atomic E-state index is 12.2. The first-order chi connectivity index (χ1) is 8.60. The van der Waals surface area contributed by atoms with Gasteiger partial charge in [0.1, 0.15) is 6.04 Å². The van der Waals surface area contributed by atoms with Gasteiger partial charge < -0.3 is 10.0 Å². The molecule has 4 nitrogen and oxygen atoms in total. The molecule has 1 aromatic rings. The summed E-state index contributed by atoms with van der Waals surface area (Å²) in [6.07, 6.45) is 0.420. The van der Waals surface area contributed by atoms with Crippen molar-refractivity contribution >= 4 is 29.1 Å². The van der Waals surface area contributed by atoms with Crippen molar-refractivity contribution in [2.24, 2.45) is 0 Å². The molecule has 0 bridgehead atoms. The first-order valence-electron chi connectivity index (χ1n) is 5.40. The van der Waals surface area contributed by atoms with Crippen molar-refractivity contribution in [3.05, 3.63) is 33.3 Å². The smallest absolute Gasteiger partial charge is 0.255 e. The SMILES string of the molecule is N#CC1c2c(Cl)cc(Cl)cc2C(=O)N1CCCO. The summed E-state index contributed by atoms with van der Waals surface area (Å²) < 4.78 is 0.